The average Bonchev–Trinajstić information content (AvgIpc) is 2.40. The number of nitrogens with one attached hydrogen (secondary N) is 2. The molecular formula is C14H21ClN2OS. The summed E-state index contributed by atoms with van der Waals surface area (Å²) < 4.78 is 0. The highest BCUT2D eigenvalue weighted by atomic mass is 35.5. The summed E-state index contributed by atoms with van der Waals surface area (Å²) in [6.07, 6.45) is 4.23. The van der Waals surface area contributed by atoms with Crippen LogP contribution in [0.5, 0.6) is 0 Å². The third-order valence-corrected chi connectivity index (χ3v) is 4.05. The highest BCUT2D eigenvalue weighted by molar-refractivity contribution is 7.98. The van der Waals surface area contributed by atoms with E-state index in [-0.39, 0.29) is 24.4 Å². The number of carbonyl (C=O) groups excluding carboxylic acids is 1. The monoisotopic (exact) mass is 300 g/mol. The summed E-state index contributed by atoms with van der Waals surface area (Å²) in [7, 11) is 0. The predicted octanol–water partition coefficient (Wildman–Crippen LogP) is 2.62. The first-order valence-corrected chi connectivity index (χ1v) is 7.59. The molecule has 1 fully saturated rings. The van der Waals surface area contributed by atoms with Gasteiger partial charge in [0.1, 0.15) is 0 Å². The highest BCUT2D eigenvalue weighted by Crippen LogP contribution is 2.19. The molecule has 5 heteroatoms. The first-order valence-electron chi connectivity index (χ1n) is 6.37. The molecule has 0 radical (unpaired) electrons. The van der Waals surface area contributed by atoms with Crippen LogP contribution < -0.4 is 10.6 Å². The number of thioether (sulfide) groups is 1. The maximum atomic E-state index is 12.3. The van der Waals surface area contributed by atoms with Gasteiger partial charge < -0.3 is 10.6 Å². The first kappa shape index (κ1) is 16.3. The van der Waals surface area contributed by atoms with E-state index in [1.807, 2.05) is 25.3 Å². The molecule has 1 aromatic rings. The number of benzene rings is 1. The smallest absolute Gasteiger partial charge is 0.251 e. The molecule has 1 atom stereocenters. The van der Waals surface area contributed by atoms with Crippen molar-refractivity contribution < 1.29 is 4.79 Å². The number of rotatable bonds is 3. The fourth-order valence-corrected chi connectivity index (χ4v) is 2.65. The zero-order chi connectivity index (χ0) is 13.0. The summed E-state index contributed by atoms with van der Waals surface area (Å²) in [5, 5.41) is 6.43. The van der Waals surface area contributed by atoms with Gasteiger partial charge in [-0.15, -0.1) is 24.2 Å². The SMILES string of the molecule is CSc1ccc(C)c(C(=O)N[C@H]2CCCNC2)c1.Cl. The van der Waals surface area contributed by atoms with Gasteiger partial charge in [0.15, 0.2) is 0 Å². The summed E-state index contributed by atoms with van der Waals surface area (Å²) in [6.45, 7) is 3.93. The predicted molar refractivity (Wildman–Crippen MR) is 83.6 cm³/mol. The lowest BCUT2D eigenvalue weighted by Gasteiger charge is -2.24. The Morgan fingerprint density at radius 1 is 1.47 bits per heavy atom. The normalized spacial score (nSPS) is 18.5. The average molecular weight is 301 g/mol. The van der Waals surface area contributed by atoms with Crippen molar-refractivity contribution in [3.8, 4) is 0 Å². The molecule has 0 spiro atoms. The van der Waals surface area contributed by atoms with Crippen LogP contribution in [-0.2, 0) is 0 Å². The van der Waals surface area contributed by atoms with Crippen molar-refractivity contribution in [1.82, 2.24) is 10.6 Å². The van der Waals surface area contributed by atoms with Crippen LogP contribution in [0.1, 0.15) is 28.8 Å². The molecule has 0 saturated carbocycles. The van der Waals surface area contributed by atoms with E-state index in [1.165, 1.54) is 0 Å². The van der Waals surface area contributed by atoms with Gasteiger partial charge in [-0.1, -0.05) is 6.07 Å². The van der Waals surface area contributed by atoms with E-state index in [1.54, 1.807) is 11.8 Å². The van der Waals surface area contributed by atoms with Crippen LogP contribution in [0.3, 0.4) is 0 Å². The van der Waals surface area contributed by atoms with E-state index in [0.717, 1.165) is 42.0 Å². The molecule has 19 heavy (non-hydrogen) atoms. The Bertz CT molecular complexity index is 433. The van der Waals surface area contributed by atoms with Crippen LogP contribution in [0, 0.1) is 6.92 Å². The highest BCUT2D eigenvalue weighted by Gasteiger charge is 2.17. The second-order valence-corrected chi connectivity index (χ2v) is 5.58. The molecule has 2 rings (SSSR count). The van der Waals surface area contributed by atoms with Crippen LogP contribution >= 0.6 is 24.2 Å². The van der Waals surface area contributed by atoms with Gasteiger partial charge >= 0.3 is 0 Å². The fraction of sp³-hybridized carbons (Fsp3) is 0.500. The van der Waals surface area contributed by atoms with E-state index in [2.05, 4.69) is 16.7 Å². The Hall–Kier alpha value is -0.710. The molecule has 0 unspecified atom stereocenters. The number of aryl methyl sites for hydroxylation is 1. The molecule has 1 heterocycles. The van der Waals surface area contributed by atoms with Crippen LogP contribution in [0.2, 0.25) is 0 Å². The van der Waals surface area contributed by atoms with Crippen LogP contribution in [-0.4, -0.2) is 31.3 Å². The van der Waals surface area contributed by atoms with Crippen LogP contribution in [0.4, 0.5) is 0 Å². The van der Waals surface area contributed by atoms with E-state index in [0.29, 0.717) is 0 Å². The zero-order valence-corrected chi connectivity index (χ0v) is 13.0. The Morgan fingerprint density at radius 3 is 2.89 bits per heavy atom. The molecule has 1 amide bonds. The molecule has 2 N–H and O–H groups in total. The Labute approximate surface area is 125 Å². The Balaban J connectivity index is 0.00000180. The van der Waals surface area contributed by atoms with Crippen molar-refractivity contribution in [1.29, 1.82) is 0 Å². The molecular weight excluding hydrogens is 280 g/mol. The largest absolute Gasteiger partial charge is 0.348 e. The number of carbonyl (C=O) groups is 1. The summed E-state index contributed by atoms with van der Waals surface area (Å²) in [5.41, 5.74) is 1.83. The maximum Gasteiger partial charge on any atom is 0.251 e. The number of piperidine rings is 1. The molecule has 0 aliphatic carbocycles. The molecule has 106 valence electrons. The molecule has 1 aliphatic rings. The lowest BCUT2D eigenvalue weighted by molar-refractivity contribution is 0.0930. The van der Waals surface area contributed by atoms with Crippen molar-refractivity contribution in [3.05, 3.63) is 29.3 Å². The Kier molecular flexibility index (Phi) is 6.69. The van der Waals surface area contributed by atoms with Gasteiger partial charge in [-0.2, -0.15) is 0 Å². The van der Waals surface area contributed by atoms with Gasteiger partial charge in [0.05, 0.1) is 0 Å². The number of hydrogen-bond donors (Lipinski definition) is 2. The Morgan fingerprint density at radius 2 is 2.26 bits per heavy atom. The number of amides is 1. The summed E-state index contributed by atoms with van der Waals surface area (Å²) >= 11 is 1.66. The van der Waals surface area contributed by atoms with E-state index >= 15 is 0 Å². The second kappa shape index (κ2) is 7.78. The molecule has 1 aromatic carbocycles. The minimum absolute atomic E-state index is 0. The lowest BCUT2D eigenvalue weighted by Crippen LogP contribution is -2.45. The summed E-state index contributed by atoms with van der Waals surface area (Å²) in [6, 6.07) is 6.31. The first-order chi connectivity index (χ1) is 8.70. The topological polar surface area (TPSA) is 41.1 Å². The molecule has 0 bridgehead atoms. The third-order valence-electron chi connectivity index (χ3n) is 3.32. The van der Waals surface area contributed by atoms with E-state index in [9.17, 15) is 4.79 Å². The van der Waals surface area contributed by atoms with Gasteiger partial charge in [-0.25, -0.2) is 0 Å². The molecule has 3 nitrogen and oxygen atoms in total. The number of halogens is 1. The molecule has 1 aliphatic heterocycles. The van der Waals surface area contributed by atoms with Crippen LogP contribution in [0.15, 0.2) is 23.1 Å². The molecule has 0 aromatic heterocycles. The minimum atomic E-state index is 0. The minimum Gasteiger partial charge on any atom is -0.348 e. The van der Waals surface area contributed by atoms with Crippen molar-refractivity contribution in [2.75, 3.05) is 19.3 Å². The van der Waals surface area contributed by atoms with Gasteiger partial charge in [0.25, 0.3) is 5.91 Å². The van der Waals surface area contributed by atoms with Gasteiger partial charge in [0.2, 0.25) is 0 Å². The van der Waals surface area contributed by atoms with Crippen molar-refractivity contribution in [2.24, 2.45) is 0 Å². The third kappa shape index (κ3) is 4.41. The zero-order valence-electron chi connectivity index (χ0n) is 11.4. The summed E-state index contributed by atoms with van der Waals surface area (Å²) in [5.74, 6) is 0.0529. The van der Waals surface area contributed by atoms with Gasteiger partial charge in [-0.05, 0) is 50.3 Å². The summed E-state index contributed by atoms with van der Waals surface area (Å²) in [4.78, 5) is 13.4. The van der Waals surface area contributed by atoms with Crippen molar-refractivity contribution >= 4 is 30.1 Å². The fourth-order valence-electron chi connectivity index (χ4n) is 2.21. The van der Waals surface area contributed by atoms with E-state index < -0.39 is 0 Å². The van der Waals surface area contributed by atoms with E-state index in [4.69, 9.17) is 0 Å². The quantitative estimate of drug-likeness (QED) is 0.843. The van der Waals surface area contributed by atoms with Crippen molar-refractivity contribution in [3.63, 3.8) is 0 Å². The van der Waals surface area contributed by atoms with Crippen LogP contribution in [0.25, 0.3) is 0 Å². The second-order valence-electron chi connectivity index (χ2n) is 4.70. The van der Waals surface area contributed by atoms with Crippen molar-refractivity contribution in [2.45, 2.75) is 30.7 Å². The number of hydrogen-bond acceptors (Lipinski definition) is 3. The lowest BCUT2D eigenvalue weighted by atomic mass is 10.1. The van der Waals surface area contributed by atoms with Gasteiger partial charge in [-0.3, -0.25) is 4.79 Å². The maximum absolute atomic E-state index is 12.3. The standard InChI is InChI=1S/C14H20N2OS.ClH/c1-10-5-6-12(18-2)8-13(10)14(17)16-11-4-3-7-15-9-11;/h5-6,8,11,15H,3-4,7,9H2,1-2H3,(H,16,17);1H/t11-;/m0./s1. The molecule has 1 saturated heterocycles. The van der Waals surface area contributed by atoms with Gasteiger partial charge in [0, 0.05) is 23.0 Å².